The molecule has 0 amide bonds. The molecule has 1 aromatic carbocycles. The van der Waals surface area contributed by atoms with Gasteiger partial charge in [-0.2, -0.15) is 0 Å². The van der Waals surface area contributed by atoms with Crippen molar-refractivity contribution in [1.29, 1.82) is 0 Å². The number of carbonyl (C=O) groups excluding carboxylic acids is 1. The van der Waals surface area contributed by atoms with Crippen LogP contribution in [0.5, 0.6) is 0 Å². The molecule has 0 aliphatic carbocycles. The Morgan fingerprint density at radius 2 is 2.14 bits per heavy atom. The fourth-order valence-corrected chi connectivity index (χ4v) is 3.65. The summed E-state index contributed by atoms with van der Waals surface area (Å²) in [4.78, 5) is 14.2. The van der Waals surface area contributed by atoms with E-state index in [4.69, 9.17) is 16.3 Å². The van der Waals surface area contributed by atoms with Crippen LogP contribution in [0.2, 0.25) is 5.02 Å². The van der Waals surface area contributed by atoms with Crippen molar-refractivity contribution in [3.8, 4) is 0 Å². The van der Waals surface area contributed by atoms with Gasteiger partial charge < -0.3 is 10.1 Å². The molecule has 1 N–H and O–H groups in total. The molecule has 0 spiro atoms. The summed E-state index contributed by atoms with van der Waals surface area (Å²) in [5, 5.41) is 4.22. The molecule has 2 unspecified atom stereocenters. The first-order chi connectivity index (χ1) is 10.2. The monoisotopic (exact) mass is 344 g/mol. The summed E-state index contributed by atoms with van der Waals surface area (Å²) in [5.41, 5.74) is 1.58. The van der Waals surface area contributed by atoms with Gasteiger partial charge >= 0.3 is 5.97 Å². The third-order valence-electron chi connectivity index (χ3n) is 4.63. The van der Waals surface area contributed by atoms with Crippen molar-refractivity contribution >= 4 is 30.0 Å². The number of rotatable bonds is 3. The van der Waals surface area contributed by atoms with E-state index >= 15 is 0 Å². The Morgan fingerprint density at radius 3 is 2.91 bits per heavy atom. The Kier molecular flexibility index (Phi) is 6.09. The highest BCUT2D eigenvalue weighted by Gasteiger charge is 2.34. The standard InChI is InChI=1S/C16H21ClN2O2.ClH/c1-21-16(20)11-2-5-15(17)12(8-11)10-19-13-3-4-14(19)9-18-7-6-13;/h2,5,8,13-14,18H,3-4,6-7,9-10H2,1H3;1H. The summed E-state index contributed by atoms with van der Waals surface area (Å²) < 4.78 is 4.79. The predicted molar refractivity (Wildman–Crippen MR) is 89.9 cm³/mol. The summed E-state index contributed by atoms with van der Waals surface area (Å²) in [7, 11) is 1.40. The first-order valence-corrected chi connectivity index (χ1v) is 7.90. The molecule has 22 heavy (non-hydrogen) atoms. The van der Waals surface area contributed by atoms with Gasteiger partial charge in [-0.1, -0.05) is 11.6 Å². The van der Waals surface area contributed by atoms with Crippen molar-refractivity contribution in [2.75, 3.05) is 20.2 Å². The van der Waals surface area contributed by atoms with E-state index in [0.29, 0.717) is 17.6 Å². The molecule has 2 atom stereocenters. The first-order valence-electron chi connectivity index (χ1n) is 7.52. The van der Waals surface area contributed by atoms with E-state index in [1.54, 1.807) is 12.1 Å². The first kappa shape index (κ1) is 17.5. The van der Waals surface area contributed by atoms with E-state index in [-0.39, 0.29) is 18.4 Å². The summed E-state index contributed by atoms with van der Waals surface area (Å²) in [6.45, 7) is 2.94. The zero-order valence-electron chi connectivity index (χ0n) is 12.7. The average Bonchev–Trinajstić information content (AvgIpc) is 2.73. The van der Waals surface area contributed by atoms with Crippen LogP contribution in [0.3, 0.4) is 0 Å². The number of fused-ring (bicyclic) bond motifs is 2. The average molecular weight is 345 g/mol. The van der Waals surface area contributed by atoms with Gasteiger partial charge in [-0.25, -0.2) is 4.79 Å². The molecule has 6 heteroatoms. The molecule has 2 saturated heterocycles. The predicted octanol–water partition coefficient (Wildman–Crippen LogP) is 2.87. The summed E-state index contributed by atoms with van der Waals surface area (Å²) >= 11 is 6.33. The van der Waals surface area contributed by atoms with Gasteiger partial charge in [0.1, 0.15) is 0 Å². The van der Waals surface area contributed by atoms with Gasteiger partial charge in [0.15, 0.2) is 0 Å². The van der Waals surface area contributed by atoms with E-state index < -0.39 is 0 Å². The molecule has 3 rings (SSSR count). The number of methoxy groups -OCH3 is 1. The fourth-order valence-electron chi connectivity index (χ4n) is 3.48. The van der Waals surface area contributed by atoms with Gasteiger partial charge in [0.25, 0.3) is 0 Å². The Bertz CT molecular complexity index is 525. The van der Waals surface area contributed by atoms with Crippen LogP contribution in [0.4, 0.5) is 0 Å². The maximum atomic E-state index is 11.7. The van der Waals surface area contributed by atoms with Crippen LogP contribution in [-0.2, 0) is 11.3 Å². The molecule has 0 radical (unpaired) electrons. The molecule has 0 saturated carbocycles. The molecular weight excluding hydrogens is 323 g/mol. The Hall–Kier alpha value is -0.810. The lowest BCUT2D eigenvalue weighted by atomic mass is 10.1. The topological polar surface area (TPSA) is 41.6 Å². The highest BCUT2D eigenvalue weighted by Crippen LogP contribution is 2.31. The molecule has 4 nitrogen and oxygen atoms in total. The smallest absolute Gasteiger partial charge is 0.337 e. The molecule has 2 aliphatic heterocycles. The van der Waals surface area contributed by atoms with Gasteiger partial charge in [-0.15, -0.1) is 12.4 Å². The minimum atomic E-state index is -0.312. The van der Waals surface area contributed by atoms with Crippen molar-refractivity contribution in [2.45, 2.75) is 37.9 Å². The van der Waals surface area contributed by atoms with E-state index in [2.05, 4.69) is 10.2 Å². The lowest BCUT2D eigenvalue weighted by Crippen LogP contribution is -2.37. The summed E-state index contributed by atoms with van der Waals surface area (Å²) in [6.07, 6.45) is 3.69. The number of halogens is 2. The van der Waals surface area contributed by atoms with Crippen molar-refractivity contribution in [3.63, 3.8) is 0 Å². The minimum absolute atomic E-state index is 0. The van der Waals surface area contributed by atoms with Gasteiger partial charge in [0.2, 0.25) is 0 Å². The molecule has 2 bridgehead atoms. The molecule has 1 aromatic rings. The molecule has 122 valence electrons. The maximum absolute atomic E-state index is 11.7. The van der Waals surface area contributed by atoms with Crippen LogP contribution in [0, 0.1) is 0 Å². The van der Waals surface area contributed by atoms with Crippen LogP contribution in [0.1, 0.15) is 35.2 Å². The second-order valence-corrected chi connectivity index (χ2v) is 6.26. The highest BCUT2D eigenvalue weighted by molar-refractivity contribution is 6.31. The van der Waals surface area contributed by atoms with Gasteiger partial charge in [-0.05, 0) is 49.6 Å². The number of hydrogen-bond donors (Lipinski definition) is 1. The largest absolute Gasteiger partial charge is 0.465 e. The quantitative estimate of drug-likeness (QED) is 0.856. The molecule has 2 heterocycles. The normalized spacial score (nSPS) is 24.5. The number of ether oxygens (including phenoxy) is 1. The Labute approximate surface area is 142 Å². The molecule has 2 fully saturated rings. The molecular formula is C16H22Cl2N2O2. The maximum Gasteiger partial charge on any atom is 0.337 e. The number of esters is 1. The second-order valence-electron chi connectivity index (χ2n) is 5.85. The van der Waals surface area contributed by atoms with E-state index in [1.165, 1.54) is 26.4 Å². The van der Waals surface area contributed by atoms with Crippen molar-refractivity contribution < 1.29 is 9.53 Å². The Morgan fingerprint density at radius 1 is 1.36 bits per heavy atom. The number of carbonyl (C=O) groups is 1. The molecule has 2 aliphatic rings. The van der Waals surface area contributed by atoms with Gasteiger partial charge in [0, 0.05) is 30.2 Å². The van der Waals surface area contributed by atoms with E-state index in [1.807, 2.05) is 6.07 Å². The number of benzene rings is 1. The zero-order chi connectivity index (χ0) is 14.8. The fraction of sp³-hybridized carbons (Fsp3) is 0.562. The lowest BCUT2D eigenvalue weighted by molar-refractivity contribution is 0.0600. The lowest BCUT2D eigenvalue weighted by Gasteiger charge is -2.28. The van der Waals surface area contributed by atoms with Crippen LogP contribution < -0.4 is 5.32 Å². The van der Waals surface area contributed by atoms with E-state index in [9.17, 15) is 4.79 Å². The molecule has 0 aromatic heterocycles. The third-order valence-corrected chi connectivity index (χ3v) is 4.99. The van der Waals surface area contributed by atoms with Gasteiger partial charge in [-0.3, -0.25) is 4.90 Å². The second kappa shape index (κ2) is 7.64. The van der Waals surface area contributed by atoms with Crippen LogP contribution >= 0.6 is 24.0 Å². The third kappa shape index (κ3) is 3.57. The number of nitrogens with one attached hydrogen (secondary N) is 1. The summed E-state index contributed by atoms with van der Waals surface area (Å²) in [6, 6.07) is 6.58. The number of nitrogens with zero attached hydrogens (tertiary/aromatic N) is 1. The zero-order valence-corrected chi connectivity index (χ0v) is 14.3. The minimum Gasteiger partial charge on any atom is -0.465 e. The highest BCUT2D eigenvalue weighted by atomic mass is 35.5. The number of hydrogen-bond acceptors (Lipinski definition) is 4. The van der Waals surface area contributed by atoms with Crippen molar-refractivity contribution in [3.05, 3.63) is 34.3 Å². The van der Waals surface area contributed by atoms with E-state index in [0.717, 1.165) is 30.2 Å². The van der Waals surface area contributed by atoms with Crippen LogP contribution in [0.25, 0.3) is 0 Å². The summed E-state index contributed by atoms with van der Waals surface area (Å²) in [5.74, 6) is -0.312. The van der Waals surface area contributed by atoms with Gasteiger partial charge in [0.05, 0.1) is 12.7 Å². The van der Waals surface area contributed by atoms with Crippen LogP contribution in [0.15, 0.2) is 18.2 Å². The van der Waals surface area contributed by atoms with Crippen molar-refractivity contribution in [1.82, 2.24) is 10.2 Å². The van der Waals surface area contributed by atoms with Crippen LogP contribution in [-0.4, -0.2) is 43.2 Å². The SMILES string of the molecule is COC(=O)c1ccc(Cl)c(CN2C3CCNCC2CC3)c1.Cl. The van der Waals surface area contributed by atoms with Crippen molar-refractivity contribution in [2.24, 2.45) is 0 Å². The Balaban J connectivity index is 0.00000176.